The molecule has 2 aromatic rings. The van der Waals surface area contributed by atoms with Crippen LogP contribution in [-0.2, 0) is 19.5 Å². The molecule has 0 saturated carbocycles. The Labute approximate surface area is 94.1 Å². The zero-order chi connectivity index (χ0) is 11.0. The fraction of sp³-hybridized carbons (Fsp3) is 0.333. The maximum absolute atomic E-state index is 5.64. The fourth-order valence-corrected chi connectivity index (χ4v) is 2.20. The molecule has 1 aliphatic rings. The summed E-state index contributed by atoms with van der Waals surface area (Å²) in [5.41, 5.74) is 7.89. The molecule has 4 heteroatoms. The normalized spacial score (nSPS) is 14.1. The standard InChI is InChI=1S/C12H14N4/c13-8-9-3-1-4-10(7-9)12-15-14-11-5-2-6-16(11)12/h1,3-4,7H,2,5-6,8,13H2. The van der Waals surface area contributed by atoms with Gasteiger partial charge in [-0.1, -0.05) is 18.2 Å². The molecular formula is C12H14N4. The van der Waals surface area contributed by atoms with Gasteiger partial charge in [0.25, 0.3) is 0 Å². The maximum atomic E-state index is 5.64. The number of rotatable bonds is 2. The van der Waals surface area contributed by atoms with Crippen LogP contribution < -0.4 is 5.73 Å². The van der Waals surface area contributed by atoms with Gasteiger partial charge in [0.05, 0.1) is 0 Å². The van der Waals surface area contributed by atoms with E-state index < -0.39 is 0 Å². The quantitative estimate of drug-likeness (QED) is 0.821. The molecule has 0 amide bonds. The number of fused-ring (bicyclic) bond motifs is 1. The summed E-state index contributed by atoms with van der Waals surface area (Å²) >= 11 is 0. The van der Waals surface area contributed by atoms with Gasteiger partial charge >= 0.3 is 0 Å². The van der Waals surface area contributed by atoms with Crippen LogP contribution in [0.5, 0.6) is 0 Å². The van der Waals surface area contributed by atoms with Crippen molar-refractivity contribution in [3.8, 4) is 11.4 Å². The van der Waals surface area contributed by atoms with Crippen molar-refractivity contribution < 1.29 is 0 Å². The van der Waals surface area contributed by atoms with Crippen LogP contribution in [0.15, 0.2) is 24.3 Å². The van der Waals surface area contributed by atoms with Crippen LogP contribution in [0.1, 0.15) is 17.8 Å². The summed E-state index contributed by atoms with van der Waals surface area (Å²) in [6.07, 6.45) is 2.22. The van der Waals surface area contributed by atoms with Crippen molar-refractivity contribution >= 4 is 0 Å². The molecule has 0 radical (unpaired) electrons. The summed E-state index contributed by atoms with van der Waals surface area (Å²) in [5, 5.41) is 8.47. The maximum Gasteiger partial charge on any atom is 0.163 e. The molecule has 16 heavy (non-hydrogen) atoms. The van der Waals surface area contributed by atoms with Crippen LogP contribution >= 0.6 is 0 Å². The van der Waals surface area contributed by atoms with Crippen molar-refractivity contribution in [2.45, 2.75) is 25.9 Å². The van der Waals surface area contributed by atoms with Gasteiger partial charge in [0.15, 0.2) is 5.82 Å². The second-order valence-electron chi connectivity index (χ2n) is 4.10. The summed E-state index contributed by atoms with van der Waals surface area (Å²) < 4.78 is 2.20. The molecule has 82 valence electrons. The Kier molecular flexibility index (Phi) is 2.22. The Bertz CT molecular complexity index is 515. The van der Waals surface area contributed by atoms with E-state index in [1.807, 2.05) is 12.1 Å². The van der Waals surface area contributed by atoms with E-state index in [-0.39, 0.29) is 0 Å². The van der Waals surface area contributed by atoms with E-state index in [9.17, 15) is 0 Å². The number of nitrogens with zero attached hydrogens (tertiary/aromatic N) is 3. The first kappa shape index (κ1) is 9.54. The molecule has 1 aromatic heterocycles. The first-order chi connectivity index (χ1) is 7.88. The molecule has 1 aliphatic heterocycles. The van der Waals surface area contributed by atoms with E-state index >= 15 is 0 Å². The van der Waals surface area contributed by atoms with Gasteiger partial charge in [-0.15, -0.1) is 10.2 Å². The SMILES string of the molecule is NCc1cccc(-c2nnc3n2CCC3)c1. The summed E-state index contributed by atoms with van der Waals surface area (Å²) in [4.78, 5) is 0. The summed E-state index contributed by atoms with van der Waals surface area (Å²) in [5.74, 6) is 2.08. The van der Waals surface area contributed by atoms with Crippen LogP contribution in [0, 0.1) is 0 Å². The monoisotopic (exact) mass is 214 g/mol. The van der Waals surface area contributed by atoms with Crippen LogP contribution in [0.25, 0.3) is 11.4 Å². The van der Waals surface area contributed by atoms with Gasteiger partial charge in [0, 0.05) is 25.1 Å². The molecule has 2 heterocycles. The minimum Gasteiger partial charge on any atom is -0.326 e. The van der Waals surface area contributed by atoms with E-state index in [1.165, 1.54) is 6.42 Å². The lowest BCUT2D eigenvalue weighted by atomic mass is 10.1. The lowest BCUT2D eigenvalue weighted by Gasteiger charge is -2.04. The van der Waals surface area contributed by atoms with Gasteiger partial charge < -0.3 is 10.3 Å². The Morgan fingerprint density at radius 2 is 2.25 bits per heavy atom. The third-order valence-electron chi connectivity index (χ3n) is 3.03. The average molecular weight is 214 g/mol. The van der Waals surface area contributed by atoms with Gasteiger partial charge in [-0.2, -0.15) is 0 Å². The van der Waals surface area contributed by atoms with Crippen LogP contribution in [-0.4, -0.2) is 14.8 Å². The highest BCUT2D eigenvalue weighted by atomic mass is 15.3. The van der Waals surface area contributed by atoms with Gasteiger partial charge in [0.1, 0.15) is 5.82 Å². The third kappa shape index (κ3) is 1.42. The minimum absolute atomic E-state index is 0.564. The average Bonchev–Trinajstić information content (AvgIpc) is 2.90. The molecule has 2 N–H and O–H groups in total. The zero-order valence-corrected chi connectivity index (χ0v) is 9.06. The van der Waals surface area contributed by atoms with Gasteiger partial charge in [-0.25, -0.2) is 0 Å². The van der Waals surface area contributed by atoms with E-state index in [1.54, 1.807) is 0 Å². The van der Waals surface area contributed by atoms with Crippen molar-refractivity contribution in [2.75, 3.05) is 0 Å². The molecule has 0 fully saturated rings. The molecule has 0 aliphatic carbocycles. The van der Waals surface area contributed by atoms with Gasteiger partial charge in [-0.3, -0.25) is 0 Å². The molecule has 0 atom stereocenters. The van der Waals surface area contributed by atoms with Crippen molar-refractivity contribution in [2.24, 2.45) is 5.73 Å². The predicted octanol–water partition coefficient (Wildman–Crippen LogP) is 1.35. The van der Waals surface area contributed by atoms with E-state index in [0.717, 1.165) is 35.7 Å². The highest BCUT2D eigenvalue weighted by Crippen LogP contribution is 2.23. The minimum atomic E-state index is 0.564. The molecule has 3 rings (SSSR count). The molecule has 0 bridgehead atoms. The Balaban J connectivity index is 2.08. The van der Waals surface area contributed by atoms with Gasteiger partial charge in [0.2, 0.25) is 0 Å². The molecule has 1 aromatic carbocycles. The summed E-state index contributed by atoms with van der Waals surface area (Å²) in [6.45, 7) is 1.60. The van der Waals surface area contributed by atoms with Crippen molar-refractivity contribution in [1.82, 2.24) is 14.8 Å². The number of hydrogen-bond acceptors (Lipinski definition) is 3. The fourth-order valence-electron chi connectivity index (χ4n) is 2.20. The highest BCUT2D eigenvalue weighted by Gasteiger charge is 2.18. The number of benzene rings is 1. The van der Waals surface area contributed by atoms with Crippen molar-refractivity contribution in [1.29, 1.82) is 0 Å². The lowest BCUT2D eigenvalue weighted by Crippen LogP contribution is -1.99. The first-order valence-corrected chi connectivity index (χ1v) is 5.60. The zero-order valence-electron chi connectivity index (χ0n) is 9.06. The second-order valence-corrected chi connectivity index (χ2v) is 4.10. The molecule has 0 unspecified atom stereocenters. The molecule has 0 spiro atoms. The van der Waals surface area contributed by atoms with Crippen LogP contribution in [0.3, 0.4) is 0 Å². The first-order valence-electron chi connectivity index (χ1n) is 5.60. The molecular weight excluding hydrogens is 200 g/mol. The smallest absolute Gasteiger partial charge is 0.163 e. The lowest BCUT2D eigenvalue weighted by molar-refractivity contribution is 0.748. The summed E-state index contributed by atoms with van der Waals surface area (Å²) in [7, 11) is 0. The molecule has 4 nitrogen and oxygen atoms in total. The van der Waals surface area contributed by atoms with E-state index in [4.69, 9.17) is 5.73 Å². The number of hydrogen-bond donors (Lipinski definition) is 1. The van der Waals surface area contributed by atoms with Crippen LogP contribution in [0.4, 0.5) is 0 Å². The number of aromatic nitrogens is 3. The van der Waals surface area contributed by atoms with Crippen molar-refractivity contribution in [3.05, 3.63) is 35.7 Å². The number of nitrogens with two attached hydrogens (primary N) is 1. The Morgan fingerprint density at radius 3 is 3.12 bits per heavy atom. The van der Waals surface area contributed by atoms with E-state index in [0.29, 0.717) is 6.54 Å². The topological polar surface area (TPSA) is 56.7 Å². The predicted molar refractivity (Wildman–Crippen MR) is 61.7 cm³/mol. The second kappa shape index (κ2) is 3.72. The third-order valence-corrected chi connectivity index (χ3v) is 3.03. The summed E-state index contributed by atoms with van der Waals surface area (Å²) in [6, 6.07) is 8.21. The Morgan fingerprint density at radius 1 is 1.31 bits per heavy atom. The largest absolute Gasteiger partial charge is 0.326 e. The van der Waals surface area contributed by atoms with Crippen LogP contribution in [0.2, 0.25) is 0 Å². The van der Waals surface area contributed by atoms with Gasteiger partial charge in [-0.05, 0) is 18.1 Å². The highest BCUT2D eigenvalue weighted by molar-refractivity contribution is 5.56. The van der Waals surface area contributed by atoms with Crippen molar-refractivity contribution in [3.63, 3.8) is 0 Å². The van der Waals surface area contributed by atoms with E-state index in [2.05, 4.69) is 26.9 Å². The Hall–Kier alpha value is -1.68. The molecule has 0 saturated heterocycles. The number of aryl methyl sites for hydroxylation is 1.